The normalized spacial score (nSPS) is 16.2. The molecule has 0 spiro atoms. The topological polar surface area (TPSA) is 136 Å². The summed E-state index contributed by atoms with van der Waals surface area (Å²) in [5.41, 5.74) is 5.65. The lowest BCUT2D eigenvalue weighted by molar-refractivity contribution is 0.00578. The summed E-state index contributed by atoms with van der Waals surface area (Å²) in [6, 6.07) is 63.8. The molecule has 0 bridgehead atoms. The Morgan fingerprint density at radius 2 is 0.565 bits per heavy atom. The molecule has 434 valence electrons. The van der Waals surface area contributed by atoms with Gasteiger partial charge in [-0.2, -0.15) is 0 Å². The van der Waals surface area contributed by atoms with Crippen LogP contribution in [0.4, 0.5) is 0 Å². The standard InChI is InChI=1S/C26H36B2O2S2.C24H16B2O4S2.C12H12B2O4S2.CH4/c1-23(2)17-27(18-24(23,3)4)19-9-13-21(14-10-19)31-32-22-15-11-20(12-16-22)28-29-25(5,6)26(7,8)30-28;1-2-6-22-21(5-1)27-25(28-22)17-9-13-19(14-10-17)31-32-20-15-11-18(12-16-20)26-29-23-7-3-4-8-24(23)30-26;15-13(16)9-1-5-11(6-2-9)19-20-12-7-3-10(4-8-12)14(17)18;/h9-16H,17-18H2,1-8H3;1-16H;1-8,15-18H;1H4. The van der Waals surface area contributed by atoms with Crippen molar-refractivity contribution in [2.24, 2.45) is 10.8 Å². The van der Waals surface area contributed by atoms with E-state index in [2.05, 4.69) is 152 Å². The van der Waals surface area contributed by atoms with Gasteiger partial charge in [0.1, 0.15) is 23.0 Å². The summed E-state index contributed by atoms with van der Waals surface area (Å²) in [5, 5.41) is 36.0. The van der Waals surface area contributed by atoms with E-state index >= 15 is 0 Å². The van der Waals surface area contributed by atoms with Crippen LogP contribution in [0.15, 0.2) is 223 Å². The van der Waals surface area contributed by atoms with Crippen molar-refractivity contribution in [1.29, 1.82) is 0 Å². The van der Waals surface area contributed by atoms with Crippen molar-refractivity contribution >= 4 is 140 Å². The van der Waals surface area contributed by atoms with Gasteiger partial charge < -0.3 is 48.0 Å². The number of hydrogen-bond donors (Lipinski definition) is 4. The molecule has 0 atom stereocenters. The molecule has 8 aromatic carbocycles. The summed E-state index contributed by atoms with van der Waals surface area (Å²) in [7, 11) is 6.14. The fraction of sp³-hybridized carbons (Fsp3) is 0.238. The molecule has 4 heterocycles. The van der Waals surface area contributed by atoms with E-state index in [9.17, 15) is 0 Å². The predicted octanol–water partition coefficient (Wildman–Crippen LogP) is 11.9. The Morgan fingerprint density at radius 1 is 0.329 bits per heavy atom. The van der Waals surface area contributed by atoms with E-state index in [4.69, 9.17) is 48.0 Å². The second kappa shape index (κ2) is 28.1. The van der Waals surface area contributed by atoms with Crippen molar-refractivity contribution in [2.45, 2.75) is 116 Å². The SMILES string of the molecule is C.CC1(C)CB(c2ccc(SSc3ccc(B4OC(C)(C)C(C)(C)O4)cc3)cc2)CC1(C)C.OB(O)c1ccc(SSc2ccc(B(O)O)cc2)cc1.c1ccc2c(c1)OB(c1ccc(SSc3ccc(B4Oc5ccccc5O4)cc3)cc1)O2. The predicted molar refractivity (Wildman–Crippen MR) is 365 cm³/mol. The Bertz CT molecular complexity index is 3150. The maximum atomic E-state index is 9.00. The van der Waals surface area contributed by atoms with Gasteiger partial charge in [-0.25, -0.2) is 0 Å². The highest BCUT2D eigenvalue weighted by Gasteiger charge is 2.52. The minimum Gasteiger partial charge on any atom is -0.519 e. The van der Waals surface area contributed by atoms with Gasteiger partial charge in [-0.1, -0.05) is 215 Å². The highest BCUT2D eigenvalue weighted by atomic mass is 33.1. The minimum atomic E-state index is -1.45. The molecule has 2 fully saturated rings. The summed E-state index contributed by atoms with van der Waals surface area (Å²) in [5.74, 6) is 3.14. The molecule has 4 aliphatic rings. The first-order chi connectivity index (χ1) is 40.2. The van der Waals surface area contributed by atoms with Crippen LogP contribution < -0.4 is 51.4 Å². The Labute approximate surface area is 527 Å². The molecule has 2 saturated heterocycles. The molecule has 0 unspecified atom stereocenters. The molecule has 4 aliphatic heterocycles. The maximum Gasteiger partial charge on any atom is 0.632 e. The highest BCUT2D eigenvalue weighted by Crippen LogP contribution is 2.53. The van der Waals surface area contributed by atoms with E-state index in [1.807, 2.05) is 83.6 Å². The zero-order valence-electron chi connectivity index (χ0n) is 48.0. The zero-order chi connectivity index (χ0) is 59.2. The number of rotatable bonds is 15. The van der Waals surface area contributed by atoms with E-state index in [-0.39, 0.29) is 25.7 Å². The first-order valence-corrected chi connectivity index (χ1v) is 34.2. The van der Waals surface area contributed by atoms with Gasteiger partial charge in [0.15, 0.2) is 6.71 Å². The third kappa shape index (κ3) is 16.3. The van der Waals surface area contributed by atoms with Crippen molar-refractivity contribution in [2.75, 3.05) is 0 Å². The zero-order valence-corrected chi connectivity index (χ0v) is 52.9. The lowest BCUT2D eigenvalue weighted by Crippen LogP contribution is -2.41. The monoisotopic (exact) mass is 1240 g/mol. The van der Waals surface area contributed by atoms with Gasteiger partial charge in [0.05, 0.1) is 11.2 Å². The van der Waals surface area contributed by atoms with Crippen LogP contribution in [0, 0.1) is 10.8 Å². The molecule has 0 radical (unpaired) electrons. The Kier molecular flexibility index (Phi) is 21.4. The van der Waals surface area contributed by atoms with Crippen LogP contribution in [0.1, 0.15) is 62.8 Å². The Balaban J connectivity index is 0.000000156. The van der Waals surface area contributed by atoms with Gasteiger partial charge >= 0.3 is 35.6 Å². The van der Waals surface area contributed by atoms with E-state index in [1.165, 1.54) is 49.5 Å². The number of fused-ring (bicyclic) bond motifs is 2. The van der Waals surface area contributed by atoms with E-state index in [1.54, 1.807) is 56.6 Å². The van der Waals surface area contributed by atoms with Gasteiger partial charge in [0.2, 0.25) is 0 Å². The molecule has 85 heavy (non-hydrogen) atoms. The van der Waals surface area contributed by atoms with Crippen LogP contribution in [-0.4, -0.2) is 73.6 Å². The summed E-state index contributed by atoms with van der Waals surface area (Å²) in [6.07, 6.45) is 2.55. The first kappa shape index (κ1) is 64.7. The van der Waals surface area contributed by atoms with Gasteiger partial charge in [-0.3, -0.25) is 0 Å². The summed E-state index contributed by atoms with van der Waals surface area (Å²) in [6.45, 7) is 18.7. The van der Waals surface area contributed by atoms with Crippen LogP contribution >= 0.6 is 64.8 Å². The first-order valence-electron chi connectivity index (χ1n) is 27.7. The smallest absolute Gasteiger partial charge is 0.519 e. The second-order valence-corrected chi connectivity index (χ2v) is 30.0. The van der Waals surface area contributed by atoms with Crippen LogP contribution in [0.3, 0.4) is 0 Å². The third-order valence-electron chi connectivity index (χ3n) is 16.1. The lowest BCUT2D eigenvalue weighted by Gasteiger charge is -2.35. The fourth-order valence-electron chi connectivity index (χ4n) is 9.66. The molecule has 8 aromatic rings. The third-order valence-corrected chi connectivity index (χ3v) is 23.4. The van der Waals surface area contributed by atoms with Gasteiger partial charge in [0.25, 0.3) is 0 Å². The molecule has 0 aromatic heterocycles. The summed E-state index contributed by atoms with van der Waals surface area (Å²) in [4.78, 5) is 6.84. The van der Waals surface area contributed by atoms with Gasteiger partial charge in [0, 0.05) is 40.3 Å². The minimum absolute atomic E-state index is 0. The average Bonchev–Trinajstić information content (AvgIpc) is 3.22. The van der Waals surface area contributed by atoms with Gasteiger partial charge in [-0.05, 0) is 152 Å². The molecule has 12 rings (SSSR count). The van der Waals surface area contributed by atoms with Gasteiger partial charge in [-0.15, -0.1) is 0 Å². The molecular weight excluding hydrogens is 1170 g/mol. The van der Waals surface area contributed by atoms with E-state index < -0.39 is 28.5 Å². The van der Waals surface area contributed by atoms with Crippen LogP contribution in [0.25, 0.3) is 0 Å². The number of para-hydroxylation sites is 4. The van der Waals surface area contributed by atoms with E-state index in [0.717, 1.165) is 59.0 Å². The largest absolute Gasteiger partial charge is 0.632 e. The van der Waals surface area contributed by atoms with Crippen molar-refractivity contribution in [3.8, 4) is 23.0 Å². The Hall–Kier alpha value is -4.79. The Morgan fingerprint density at radius 3 is 0.824 bits per heavy atom. The molecule has 4 N–H and O–H groups in total. The number of hydrogen-bond acceptors (Lipinski definition) is 16. The van der Waals surface area contributed by atoms with E-state index in [0.29, 0.717) is 28.5 Å². The van der Waals surface area contributed by atoms with Crippen molar-refractivity contribution in [3.05, 3.63) is 194 Å². The average molecular weight is 1240 g/mol. The molecule has 0 aliphatic carbocycles. The highest BCUT2D eigenvalue weighted by molar-refractivity contribution is 8.77. The molecule has 10 nitrogen and oxygen atoms in total. The second-order valence-electron chi connectivity index (χ2n) is 23.2. The number of benzene rings is 8. The summed E-state index contributed by atoms with van der Waals surface area (Å²) >= 11 is 0. The quantitative estimate of drug-likeness (QED) is 0.0572. The molecular formula is C63H68B6O10S6. The molecule has 0 saturated carbocycles. The van der Waals surface area contributed by atoms with Crippen molar-refractivity contribution in [1.82, 2.24) is 0 Å². The summed E-state index contributed by atoms with van der Waals surface area (Å²) < 4.78 is 35.9. The van der Waals surface area contributed by atoms with Crippen LogP contribution in [0.2, 0.25) is 12.6 Å². The lowest BCUT2D eigenvalue weighted by atomic mass is 9.42. The van der Waals surface area contributed by atoms with Crippen LogP contribution in [-0.2, 0) is 9.31 Å². The fourth-order valence-corrected chi connectivity index (χ4v) is 15.5. The maximum absolute atomic E-state index is 9.00. The van der Waals surface area contributed by atoms with Crippen molar-refractivity contribution < 1.29 is 48.0 Å². The van der Waals surface area contributed by atoms with Crippen LogP contribution in [0.5, 0.6) is 23.0 Å². The molecule has 22 heteroatoms. The van der Waals surface area contributed by atoms with Crippen molar-refractivity contribution in [3.63, 3.8) is 0 Å². The molecule has 0 amide bonds.